The highest BCUT2D eigenvalue weighted by Crippen LogP contribution is 2.34. The maximum absolute atomic E-state index is 15.5. The normalized spacial score (nSPS) is 17.9. The third-order valence-corrected chi connectivity index (χ3v) is 28.3. The van der Waals surface area contributed by atoms with Gasteiger partial charge in [-0.05, 0) is 162 Å². The Labute approximate surface area is 869 Å². The lowest BCUT2D eigenvalue weighted by atomic mass is 9.98. The zero-order valence-electron chi connectivity index (χ0n) is 85.0. The number of aromatic nitrogens is 3. The van der Waals surface area contributed by atoms with Crippen molar-refractivity contribution < 1.29 is 101 Å². The largest absolute Gasteiger partial charge is 0.508 e. The fraction of sp³-hybridized carbons (Fsp3) is 0.538. The standard InChI is InChI=1S/C104H145N23O21S/c1-6-7-25-71(92(135)123-80(103(146)147)51-62-34-38-67(128)39-35-62)116-100(143)83-29-20-47-127(83)102(145)74(41-43-86(108)130)114-88(132)56-112-99(142)82-28-19-46-126(82)101(144)73(27-15-17-44-105)117-95(138)76(49-60(4)5)119-93(136)72(40-42-85(107)129)115-94(137)75(48-59(2)3)120-96(139)77(50-61-32-36-64(37-33-61)90(133)63-21-9-8-10-22-63)121-98(141)79(53-66-55-109-58-113-66)122-97(140)78(52-65-54-111-70-26-12-11-23-68(65)70)118-91(134)69(106)24-16-18-45-110-87(131)31-14-13-30-84-89-81(57-149-84)124-104(148)125-89/h8-12,21-23,26,32-39,54-55,58-60,69,71-84,89,111,128H,6-7,13-20,24-25,27-31,40-53,56-57,105-106H2,1-5H3,(H2,107,129)(H2,108,130)(H,109,113)(H,110,131)(H,112,142)(H,114,132)(H,115,137)(H,116,143)(H,117,138)(H,118,134)(H,119,136)(H,120,139)(H,121,141)(H,122,140)(H,123,135)(H,146,147)(H2,124,125,148)/t69-,71-,72-,73-,74-,75-,76-,77-,78-,79-,80-,81-,82-,83-,84-,89-/m0/s1. The maximum atomic E-state index is 15.5. The highest BCUT2D eigenvalue weighted by atomic mass is 32.2. The van der Waals surface area contributed by atoms with Gasteiger partial charge in [0.2, 0.25) is 94.5 Å². The van der Waals surface area contributed by atoms with Crippen molar-refractivity contribution in [3.8, 4) is 5.75 Å². The van der Waals surface area contributed by atoms with Gasteiger partial charge in [0.1, 0.15) is 78.3 Å². The number of urea groups is 1. The average molecular weight is 2090 g/mol. The van der Waals surface area contributed by atoms with E-state index in [1.165, 1.54) is 46.6 Å². The van der Waals surface area contributed by atoms with Gasteiger partial charge in [0.25, 0.3) is 0 Å². The van der Waals surface area contributed by atoms with E-state index in [9.17, 15) is 72.5 Å². The average Bonchev–Trinajstić information content (AvgIpc) is 1.22. The molecule has 44 nitrogen and oxygen atoms in total. The first-order valence-electron chi connectivity index (χ1n) is 51.4. The summed E-state index contributed by atoms with van der Waals surface area (Å²) in [5.41, 5.74) is 27.0. The lowest BCUT2D eigenvalue weighted by molar-refractivity contribution is -0.144. The molecule has 0 radical (unpaired) electrons. The number of carbonyl (C=O) groups is 19. The van der Waals surface area contributed by atoms with Crippen molar-refractivity contribution in [2.45, 2.75) is 304 Å². The number of fused-ring (bicyclic) bond motifs is 2. The predicted molar refractivity (Wildman–Crippen MR) is 553 cm³/mol. The minimum Gasteiger partial charge on any atom is -0.508 e. The summed E-state index contributed by atoms with van der Waals surface area (Å²) in [5, 5.41) is 59.4. The summed E-state index contributed by atoms with van der Waals surface area (Å²) in [5.74, 6) is -14.5. The van der Waals surface area contributed by atoms with E-state index < -0.39 is 199 Å². The second-order valence-electron chi connectivity index (χ2n) is 39.4. The van der Waals surface area contributed by atoms with Crippen LogP contribution in [0.25, 0.3) is 10.9 Å². The van der Waals surface area contributed by atoms with Gasteiger partial charge in [-0.1, -0.05) is 139 Å². The number of rotatable bonds is 62. The number of para-hydroxylation sites is 1. The molecule has 0 saturated carbocycles. The van der Waals surface area contributed by atoms with E-state index in [-0.39, 0.29) is 168 Å². The van der Waals surface area contributed by atoms with Crippen LogP contribution in [0.3, 0.4) is 0 Å². The topological polar surface area (TPSA) is 688 Å². The molecule has 0 aliphatic carbocycles. The number of carbonyl (C=O) groups excluding carboxylic acids is 18. The highest BCUT2D eigenvalue weighted by molar-refractivity contribution is 8.00. The number of imidazole rings is 1. The molecule has 0 bridgehead atoms. The lowest BCUT2D eigenvalue weighted by Gasteiger charge is -2.31. The van der Waals surface area contributed by atoms with Gasteiger partial charge in [-0.2, -0.15) is 11.8 Å². The number of likely N-dealkylation sites (tertiary alicyclic amines) is 2. The summed E-state index contributed by atoms with van der Waals surface area (Å²) in [6.45, 7) is 8.60. The predicted octanol–water partition coefficient (Wildman–Crippen LogP) is 1.41. The van der Waals surface area contributed by atoms with Gasteiger partial charge in [-0.25, -0.2) is 14.6 Å². The van der Waals surface area contributed by atoms with Gasteiger partial charge >= 0.3 is 12.0 Å². The Morgan fingerprint density at radius 2 is 1.00 bits per heavy atom. The van der Waals surface area contributed by atoms with Crippen LogP contribution < -0.4 is 97.4 Å². The second-order valence-corrected chi connectivity index (χ2v) is 40.7. The SMILES string of the molecule is CCCC[C@H](NC(=O)[C@@H]1CCCN1C(=O)[C@H](CCC(N)=O)NC(=O)CNC(=O)[C@@H]1CCCN1C(=O)[C@H](CCCCN)NC(=O)[C@H](CC(C)C)NC(=O)[C@H](CCC(N)=O)NC(=O)[C@H](CC(C)C)NC(=O)[C@H](Cc1ccc(C(=O)c2ccccc2)cc1)NC(=O)[C@H](Cc1cnc[nH]1)NC(=O)[C@H](Cc1c[nH]c2ccccc12)NC(=O)[C@@H](N)CCCCNC(=O)CCCC[C@@H]1SC[C@@H]2NC(=O)N[C@@H]21)C(=O)N[C@@H](Cc1ccc(O)cc1)C(=O)O. The molecule has 149 heavy (non-hydrogen) atoms. The quantitative estimate of drug-likeness (QED) is 0.0146. The molecule has 4 aliphatic rings. The number of nitrogens with two attached hydrogens (primary N) is 4. The Hall–Kier alpha value is -14.4. The number of phenolic OH excluding ortho intramolecular Hbond substituents is 1. The number of aromatic hydroxyl groups is 1. The first-order chi connectivity index (χ1) is 71.3. The van der Waals surface area contributed by atoms with Crippen LogP contribution in [0.2, 0.25) is 0 Å². The Bertz CT molecular complexity index is 5600. The van der Waals surface area contributed by atoms with E-state index in [0.717, 1.165) is 29.5 Å². The fourth-order valence-electron chi connectivity index (χ4n) is 18.7. The van der Waals surface area contributed by atoms with Crippen molar-refractivity contribution in [3.05, 3.63) is 155 Å². The number of aliphatic carboxylic acids is 1. The molecule has 0 unspecified atom stereocenters. The number of phenols is 1. The molecule has 808 valence electrons. The van der Waals surface area contributed by atoms with Gasteiger partial charge < -0.3 is 127 Å². The Morgan fingerprint density at radius 1 is 0.490 bits per heavy atom. The fourth-order valence-corrected chi connectivity index (χ4v) is 20.3. The van der Waals surface area contributed by atoms with Gasteiger partial charge in [-0.3, -0.25) is 81.5 Å². The molecule has 0 spiro atoms. The number of H-pyrrole nitrogens is 2. The minimum absolute atomic E-state index is 0.00520. The van der Waals surface area contributed by atoms with Crippen LogP contribution in [0.1, 0.15) is 221 Å². The molecule has 45 heteroatoms. The van der Waals surface area contributed by atoms with Crippen molar-refractivity contribution in [1.82, 2.24) is 99.2 Å². The Morgan fingerprint density at radius 3 is 1.60 bits per heavy atom. The molecule has 10 rings (SSSR count). The molecule has 2 aromatic heterocycles. The monoisotopic (exact) mass is 2080 g/mol. The number of hydrogen-bond acceptors (Lipinski definition) is 24. The van der Waals surface area contributed by atoms with Crippen molar-refractivity contribution in [1.29, 1.82) is 0 Å². The van der Waals surface area contributed by atoms with Crippen molar-refractivity contribution in [3.63, 3.8) is 0 Å². The van der Waals surface area contributed by atoms with Crippen LogP contribution in [0, 0.1) is 11.8 Å². The number of carboxylic acid groups (broad SMARTS) is 1. The number of nitrogens with one attached hydrogen (secondary N) is 16. The third-order valence-electron chi connectivity index (χ3n) is 26.8. The highest BCUT2D eigenvalue weighted by Gasteiger charge is 2.46. The van der Waals surface area contributed by atoms with Crippen molar-refractivity contribution >= 4 is 135 Å². The number of ketones is 1. The molecule has 26 N–H and O–H groups in total. The first kappa shape index (κ1) is 117. The molecule has 16 atom stereocenters. The van der Waals surface area contributed by atoms with Gasteiger partial charge in [0.15, 0.2) is 5.78 Å². The van der Waals surface area contributed by atoms with Crippen LogP contribution >= 0.6 is 11.8 Å². The molecule has 4 aromatic carbocycles. The lowest BCUT2D eigenvalue weighted by Crippen LogP contribution is -2.61. The zero-order valence-corrected chi connectivity index (χ0v) is 85.8. The summed E-state index contributed by atoms with van der Waals surface area (Å²) in [6.07, 6.45) is 8.04. The van der Waals surface area contributed by atoms with Crippen molar-refractivity contribution in [2.75, 3.05) is 38.5 Å². The minimum atomic E-state index is -1.66. The summed E-state index contributed by atoms with van der Waals surface area (Å²) in [7, 11) is 0. The molecular weight excluding hydrogens is 1940 g/mol. The second kappa shape index (κ2) is 58.4. The maximum Gasteiger partial charge on any atom is 0.326 e. The van der Waals surface area contributed by atoms with E-state index in [4.69, 9.17) is 22.9 Å². The van der Waals surface area contributed by atoms with Crippen LogP contribution in [0.4, 0.5) is 4.79 Å². The number of aromatic amines is 2. The van der Waals surface area contributed by atoms with Crippen LogP contribution in [0.5, 0.6) is 5.75 Å². The molecule has 6 aromatic rings. The number of carboxylic acids is 1. The van der Waals surface area contributed by atoms with Crippen LogP contribution in [-0.4, -0.2) is 282 Å². The number of unbranched alkanes of at least 4 members (excludes halogenated alkanes) is 4. The number of benzene rings is 4. The van der Waals surface area contributed by atoms with Crippen molar-refractivity contribution in [2.24, 2.45) is 34.8 Å². The van der Waals surface area contributed by atoms with Gasteiger partial charge in [-0.15, -0.1) is 0 Å². The number of hydrogen-bond donors (Lipinski definition) is 22. The van der Waals surface area contributed by atoms with E-state index >= 15 is 28.8 Å². The number of thioether (sulfide) groups is 1. The summed E-state index contributed by atoms with van der Waals surface area (Å²) in [6, 6.07) is 9.54. The number of nitrogens with zero attached hydrogens (tertiary/aromatic N) is 3. The zero-order chi connectivity index (χ0) is 108. The Kier molecular flexibility index (Phi) is 45.7. The molecule has 4 aliphatic heterocycles. The summed E-state index contributed by atoms with van der Waals surface area (Å²) in [4.78, 5) is 280. The first-order valence-corrected chi connectivity index (χ1v) is 52.5. The molecular formula is C104H145N23O21S. The van der Waals surface area contributed by atoms with Crippen LogP contribution in [0.15, 0.2) is 122 Å². The van der Waals surface area contributed by atoms with Gasteiger partial charge in [0, 0.05) is 116 Å². The van der Waals surface area contributed by atoms with Gasteiger partial charge in [0.05, 0.1) is 31.0 Å². The molecule has 4 fully saturated rings. The summed E-state index contributed by atoms with van der Waals surface area (Å²) < 4.78 is 0. The molecule has 18 amide bonds. The molecule has 6 heterocycles. The third kappa shape index (κ3) is 36.3. The van der Waals surface area contributed by atoms with E-state index in [0.29, 0.717) is 85.9 Å². The summed E-state index contributed by atoms with van der Waals surface area (Å²) >= 11 is 1.81. The molecule has 4 saturated heterocycles. The van der Waals surface area contributed by atoms with E-state index in [2.05, 4.69) is 89.4 Å². The number of amides is 18. The van der Waals surface area contributed by atoms with Crippen LogP contribution in [-0.2, 0) is 107 Å². The van der Waals surface area contributed by atoms with E-state index in [1.54, 1.807) is 94.6 Å². The smallest absolute Gasteiger partial charge is 0.326 e. The van der Waals surface area contributed by atoms with E-state index in [1.807, 2.05) is 36.9 Å². The Balaban J connectivity index is 0.804. The number of primary amides is 2.